The number of hydrogen-bond acceptors (Lipinski definition) is 4. The van der Waals surface area contributed by atoms with Crippen LogP contribution in [0.5, 0.6) is 0 Å². The minimum atomic E-state index is 0.834. The van der Waals surface area contributed by atoms with Crippen LogP contribution in [0, 0.1) is 0 Å². The Morgan fingerprint density at radius 2 is 1.00 bits per heavy atom. The summed E-state index contributed by atoms with van der Waals surface area (Å²) >= 11 is 5.76. The quantitative estimate of drug-likeness (QED) is 0.123. The van der Waals surface area contributed by atoms with Crippen LogP contribution in [-0.2, 0) is 4.74 Å². The van der Waals surface area contributed by atoms with E-state index in [4.69, 9.17) is 4.74 Å². The van der Waals surface area contributed by atoms with Gasteiger partial charge in [-0.05, 0) is 25.0 Å². The lowest BCUT2D eigenvalue weighted by atomic mass is 10.1. The highest BCUT2D eigenvalue weighted by molar-refractivity contribution is 7.82. The number of para-hydroxylation sites is 1. The maximum absolute atomic E-state index is 5.78. The van der Waals surface area contributed by atoms with E-state index in [-0.39, 0.29) is 0 Å². The van der Waals surface area contributed by atoms with Crippen molar-refractivity contribution < 1.29 is 4.74 Å². The van der Waals surface area contributed by atoms with Gasteiger partial charge in [0.25, 0.3) is 0 Å². The summed E-state index contributed by atoms with van der Waals surface area (Å²) in [4.78, 5) is 4.20. The lowest BCUT2D eigenvalue weighted by Gasteiger charge is -2.05. The molecule has 2 nitrogen and oxygen atoms in total. The molecule has 0 fully saturated rings. The first-order chi connectivity index (χ1) is 17.3. The average Bonchev–Trinajstić information content (AvgIpc) is 3.25. The largest absolute Gasteiger partial charge is 0.381 e. The molecule has 0 saturated heterocycles. The molecule has 0 saturated carbocycles. The molecule has 0 amide bonds. The van der Waals surface area contributed by atoms with Crippen molar-refractivity contribution in [2.75, 3.05) is 13.2 Å². The molecular weight excluding hydrogens is 466 g/mol. The predicted molar refractivity (Wildman–Crippen MR) is 161 cm³/mol. The number of nitrogens with zero attached hydrogens (tertiary/aromatic N) is 1. The van der Waals surface area contributed by atoms with Crippen molar-refractivity contribution in [1.29, 1.82) is 0 Å². The molecule has 0 aliphatic rings. The molecule has 1 heterocycles. The minimum Gasteiger partial charge on any atom is -0.381 e. The zero-order valence-corrected chi connectivity index (χ0v) is 24.8. The van der Waals surface area contributed by atoms with Gasteiger partial charge in [0, 0.05) is 13.2 Å². The summed E-state index contributed by atoms with van der Waals surface area (Å²) < 4.78 is 7.81. The highest BCUT2D eigenvalue weighted by Crippen LogP contribution is 2.23. The van der Waals surface area contributed by atoms with E-state index < -0.39 is 0 Å². The maximum atomic E-state index is 5.78. The van der Waals surface area contributed by atoms with E-state index >= 15 is 0 Å². The molecule has 4 heteroatoms. The van der Waals surface area contributed by atoms with Gasteiger partial charge in [0.05, 0.1) is 10.2 Å². The number of rotatable bonds is 22. The van der Waals surface area contributed by atoms with Crippen LogP contribution in [0.1, 0.15) is 142 Å². The molecule has 1 aromatic heterocycles. The normalized spacial score (nSPS) is 11.1. The highest BCUT2D eigenvalue weighted by Gasteiger charge is 1.97. The average molecular weight is 522 g/mol. The number of hydrogen-bond donors (Lipinski definition) is 1. The summed E-state index contributed by atoms with van der Waals surface area (Å²) in [5.41, 5.74) is 1.04. The minimum absolute atomic E-state index is 0.834. The number of unbranched alkanes of at least 4 members (excludes halogenated alkanes) is 18. The number of thiol groups is 1. The molecule has 0 bridgehead atoms. The van der Waals surface area contributed by atoms with Gasteiger partial charge < -0.3 is 4.74 Å². The fourth-order valence-electron chi connectivity index (χ4n) is 4.35. The summed E-state index contributed by atoms with van der Waals surface area (Å²) in [5.74, 6) is 0. The molecule has 0 aliphatic carbocycles. The van der Waals surface area contributed by atoms with Gasteiger partial charge in [0.2, 0.25) is 0 Å². The van der Waals surface area contributed by atoms with Crippen molar-refractivity contribution in [3.63, 3.8) is 0 Å². The van der Waals surface area contributed by atoms with Gasteiger partial charge in [-0.25, -0.2) is 4.98 Å². The molecule has 0 N–H and O–H groups in total. The zero-order chi connectivity index (χ0) is 25.2. The second-order valence-electron chi connectivity index (χ2n) is 9.94. The van der Waals surface area contributed by atoms with Crippen LogP contribution in [0.4, 0.5) is 0 Å². The van der Waals surface area contributed by atoms with Gasteiger partial charge in [-0.3, -0.25) is 0 Å². The molecule has 202 valence electrons. The van der Waals surface area contributed by atoms with Crippen LogP contribution in [-0.4, -0.2) is 18.2 Å². The van der Waals surface area contributed by atoms with Crippen molar-refractivity contribution >= 4 is 34.2 Å². The molecule has 35 heavy (non-hydrogen) atoms. The first-order valence-electron chi connectivity index (χ1n) is 14.9. The maximum Gasteiger partial charge on any atom is 0.148 e. The SMILES string of the molecule is CCCCCCCCCCCCOCCCCCCCCCCCC.Sc1nc2ccccc2s1. The second-order valence-corrected chi connectivity index (χ2v) is 11.7. The number of ether oxygens (including phenoxy) is 1. The molecule has 0 spiro atoms. The third kappa shape index (κ3) is 20.2. The fraction of sp³-hybridized carbons (Fsp3) is 0.774. The Labute approximate surface area is 227 Å². The van der Waals surface area contributed by atoms with Crippen molar-refractivity contribution in [2.45, 2.75) is 147 Å². The van der Waals surface area contributed by atoms with Crippen LogP contribution in [0.2, 0.25) is 0 Å². The smallest absolute Gasteiger partial charge is 0.148 e. The van der Waals surface area contributed by atoms with Crippen LogP contribution in [0.25, 0.3) is 10.2 Å². The second kappa shape index (κ2) is 25.1. The van der Waals surface area contributed by atoms with E-state index in [1.165, 1.54) is 133 Å². The number of benzene rings is 1. The summed E-state index contributed by atoms with van der Waals surface area (Å²) in [6.45, 7) is 6.57. The van der Waals surface area contributed by atoms with Gasteiger partial charge in [-0.15, -0.1) is 24.0 Å². The predicted octanol–water partition coefficient (Wildman–Crippen LogP) is 11.4. The van der Waals surface area contributed by atoms with E-state index in [0.717, 1.165) is 23.1 Å². The standard InChI is InChI=1S/C24H50O.C7H5NS2/c1-3-5-7-9-11-13-15-17-19-21-23-25-24-22-20-18-16-14-12-10-8-6-4-2;9-7-8-5-3-1-2-4-6(5)10-7/h3-24H2,1-2H3;1-4H,(H,8,9). The summed E-state index contributed by atoms with van der Waals surface area (Å²) in [6.07, 6.45) is 28.2. The molecule has 1 aromatic carbocycles. The van der Waals surface area contributed by atoms with Gasteiger partial charge >= 0.3 is 0 Å². The van der Waals surface area contributed by atoms with Crippen molar-refractivity contribution in [3.05, 3.63) is 24.3 Å². The Balaban J connectivity index is 0.000000497. The van der Waals surface area contributed by atoms with Gasteiger partial charge in [-0.1, -0.05) is 142 Å². The zero-order valence-electron chi connectivity index (χ0n) is 23.1. The molecular formula is C31H55NOS2. The van der Waals surface area contributed by atoms with E-state index in [1.807, 2.05) is 24.3 Å². The molecule has 2 aromatic rings. The monoisotopic (exact) mass is 521 g/mol. The Hall–Kier alpha value is -0.580. The first kappa shape index (κ1) is 32.4. The molecule has 0 radical (unpaired) electrons. The van der Waals surface area contributed by atoms with E-state index in [0.29, 0.717) is 0 Å². The lowest BCUT2D eigenvalue weighted by Crippen LogP contribution is -1.97. The topological polar surface area (TPSA) is 22.1 Å². The van der Waals surface area contributed by atoms with E-state index in [9.17, 15) is 0 Å². The van der Waals surface area contributed by atoms with Crippen LogP contribution in [0.3, 0.4) is 0 Å². The Morgan fingerprint density at radius 1 is 0.600 bits per heavy atom. The van der Waals surface area contributed by atoms with Gasteiger partial charge in [-0.2, -0.15) is 0 Å². The Bertz CT molecular complexity index is 632. The number of fused-ring (bicyclic) bond motifs is 1. The van der Waals surface area contributed by atoms with E-state index in [2.05, 4.69) is 31.5 Å². The molecule has 0 unspecified atom stereocenters. The third-order valence-corrected chi connectivity index (χ3v) is 7.78. The van der Waals surface area contributed by atoms with Crippen molar-refractivity contribution in [2.24, 2.45) is 0 Å². The molecule has 2 rings (SSSR count). The van der Waals surface area contributed by atoms with Crippen LogP contribution in [0.15, 0.2) is 28.6 Å². The molecule has 0 aliphatic heterocycles. The lowest BCUT2D eigenvalue weighted by molar-refractivity contribution is 0.125. The van der Waals surface area contributed by atoms with Crippen molar-refractivity contribution in [1.82, 2.24) is 4.98 Å². The van der Waals surface area contributed by atoms with Crippen LogP contribution >= 0.6 is 24.0 Å². The fourth-order valence-corrected chi connectivity index (χ4v) is 5.45. The van der Waals surface area contributed by atoms with Gasteiger partial charge in [0.1, 0.15) is 4.34 Å². The van der Waals surface area contributed by atoms with Crippen LogP contribution < -0.4 is 0 Å². The number of thiazole rings is 1. The van der Waals surface area contributed by atoms with E-state index in [1.54, 1.807) is 11.3 Å². The summed E-state index contributed by atoms with van der Waals surface area (Å²) in [7, 11) is 0. The summed E-state index contributed by atoms with van der Waals surface area (Å²) in [5, 5.41) is 0. The highest BCUT2D eigenvalue weighted by atomic mass is 32.2. The third-order valence-electron chi connectivity index (χ3n) is 6.57. The number of aromatic nitrogens is 1. The molecule has 0 atom stereocenters. The summed E-state index contributed by atoms with van der Waals surface area (Å²) in [6, 6.07) is 8.03. The van der Waals surface area contributed by atoms with Gasteiger partial charge in [0.15, 0.2) is 0 Å². The Morgan fingerprint density at radius 3 is 1.43 bits per heavy atom. The Kier molecular flexibility index (Phi) is 23.3. The first-order valence-corrected chi connectivity index (χ1v) is 16.2. The van der Waals surface area contributed by atoms with Crippen molar-refractivity contribution in [3.8, 4) is 0 Å².